The van der Waals surface area contributed by atoms with Crippen LogP contribution in [0.2, 0.25) is 0 Å². The van der Waals surface area contributed by atoms with E-state index in [1.165, 1.54) is 18.3 Å². The number of allylic oxidation sites excluding steroid dienone is 2. The summed E-state index contributed by atoms with van der Waals surface area (Å²) in [6.45, 7) is 8.46. The second-order valence-electron chi connectivity index (χ2n) is 9.44. The van der Waals surface area contributed by atoms with Gasteiger partial charge in [0.25, 0.3) is 5.91 Å². The molecule has 0 saturated heterocycles. The Balaban J connectivity index is 1.68. The highest BCUT2D eigenvalue weighted by atomic mass is 19.1. The normalized spacial score (nSPS) is 24.5. The van der Waals surface area contributed by atoms with Gasteiger partial charge in [-0.15, -0.1) is 0 Å². The van der Waals surface area contributed by atoms with Gasteiger partial charge in [0, 0.05) is 31.1 Å². The number of aryl methyl sites for hydroxylation is 1. The number of aromatic nitrogens is 1. The number of fused-ring (bicyclic) bond motifs is 2. The summed E-state index contributed by atoms with van der Waals surface area (Å²) in [6, 6.07) is 3.51. The number of carbonyl (C=O) groups is 1. The highest BCUT2D eigenvalue weighted by Gasteiger charge is 2.65. The topological polar surface area (TPSA) is 94.0 Å². The summed E-state index contributed by atoms with van der Waals surface area (Å²) in [5, 5.41) is 17.4. The molecule has 1 aromatic heterocycles. The molecule has 6 nitrogen and oxygen atoms in total. The van der Waals surface area contributed by atoms with Gasteiger partial charge in [-0.25, -0.2) is 13.8 Å². The summed E-state index contributed by atoms with van der Waals surface area (Å²) in [5.74, 6) is -1.35. The van der Waals surface area contributed by atoms with E-state index in [9.17, 15) is 13.6 Å². The van der Waals surface area contributed by atoms with Crippen LogP contribution in [-0.4, -0.2) is 40.3 Å². The van der Waals surface area contributed by atoms with E-state index in [2.05, 4.69) is 18.8 Å². The Labute approximate surface area is 191 Å². The van der Waals surface area contributed by atoms with Gasteiger partial charge in [-0.1, -0.05) is 19.9 Å². The molecule has 2 saturated carbocycles. The first kappa shape index (κ1) is 23.0. The number of hydrogen-bond acceptors (Lipinski definition) is 5. The lowest BCUT2D eigenvalue weighted by atomic mass is 9.68. The molecule has 0 spiro atoms. The van der Waals surface area contributed by atoms with Crippen LogP contribution in [0.5, 0.6) is 0 Å². The van der Waals surface area contributed by atoms with Crippen molar-refractivity contribution in [2.24, 2.45) is 16.7 Å². The fraction of sp³-hybridized carbons (Fsp3) is 0.440. The summed E-state index contributed by atoms with van der Waals surface area (Å²) in [7, 11) is 0. The fourth-order valence-electron chi connectivity index (χ4n) is 5.64. The predicted octanol–water partition coefficient (Wildman–Crippen LogP) is 5.17. The standard InChI is InChI=1S/C25H28F2N4O2/c1-5-31(23(32)20-12-30-14(2)33-20)13-25-10-9-16(24(25,3)4)15(22(25)29)11-19(28)21-17(26)7-6-8-18(21)27/h6-8,11-12,16,28-29H,5,9-10,13H2,1-4H3/b15-11-,28-19?,29-22?/t16-,25-/m0/s1. The van der Waals surface area contributed by atoms with Crippen molar-refractivity contribution in [2.45, 2.75) is 40.5 Å². The Morgan fingerprint density at radius 3 is 2.58 bits per heavy atom. The van der Waals surface area contributed by atoms with E-state index in [0.717, 1.165) is 25.0 Å². The van der Waals surface area contributed by atoms with E-state index in [0.29, 0.717) is 30.3 Å². The van der Waals surface area contributed by atoms with Crippen LogP contribution in [0.1, 0.15) is 55.6 Å². The molecule has 8 heteroatoms. The minimum absolute atomic E-state index is 0.0403. The molecule has 1 aromatic carbocycles. The van der Waals surface area contributed by atoms with Crippen molar-refractivity contribution in [1.82, 2.24) is 9.88 Å². The number of rotatable bonds is 6. The number of benzene rings is 1. The van der Waals surface area contributed by atoms with E-state index < -0.39 is 22.6 Å². The van der Waals surface area contributed by atoms with Crippen LogP contribution < -0.4 is 0 Å². The van der Waals surface area contributed by atoms with E-state index in [1.807, 2.05) is 6.92 Å². The molecular formula is C25H28F2N4O2. The molecule has 4 rings (SSSR count). The van der Waals surface area contributed by atoms with Gasteiger partial charge in [-0.05, 0) is 54.9 Å². The average molecular weight is 455 g/mol. The molecule has 1 amide bonds. The van der Waals surface area contributed by atoms with Gasteiger partial charge in [-0.3, -0.25) is 4.79 Å². The van der Waals surface area contributed by atoms with Gasteiger partial charge in [0.15, 0.2) is 5.89 Å². The summed E-state index contributed by atoms with van der Waals surface area (Å²) in [4.78, 5) is 18.8. The smallest absolute Gasteiger partial charge is 0.291 e. The first-order valence-electron chi connectivity index (χ1n) is 11.1. The molecule has 2 aromatic rings. The zero-order valence-electron chi connectivity index (χ0n) is 19.3. The summed E-state index contributed by atoms with van der Waals surface area (Å²) < 4.78 is 33.9. The molecule has 0 radical (unpaired) electrons. The van der Waals surface area contributed by atoms with Crippen molar-refractivity contribution in [2.75, 3.05) is 13.1 Å². The lowest BCUT2D eigenvalue weighted by Crippen LogP contribution is -2.48. The average Bonchev–Trinajstić information content (AvgIpc) is 3.34. The lowest BCUT2D eigenvalue weighted by molar-refractivity contribution is 0.0598. The van der Waals surface area contributed by atoms with Gasteiger partial charge in [0.1, 0.15) is 11.6 Å². The molecule has 1 heterocycles. The van der Waals surface area contributed by atoms with Crippen molar-refractivity contribution in [3.8, 4) is 0 Å². The molecule has 2 aliphatic carbocycles. The second-order valence-corrected chi connectivity index (χ2v) is 9.44. The molecule has 2 atom stereocenters. The highest BCUT2D eigenvalue weighted by molar-refractivity contribution is 6.15. The maximum atomic E-state index is 14.2. The Kier molecular flexibility index (Phi) is 5.58. The fourth-order valence-corrected chi connectivity index (χ4v) is 5.64. The van der Waals surface area contributed by atoms with Crippen molar-refractivity contribution in [1.29, 1.82) is 10.8 Å². The number of oxazole rings is 1. The molecule has 0 unspecified atom stereocenters. The number of hydrogen-bond donors (Lipinski definition) is 2. The van der Waals surface area contributed by atoms with Gasteiger partial charge < -0.3 is 20.1 Å². The summed E-state index contributed by atoms with van der Waals surface area (Å²) in [6.07, 6.45) is 4.36. The third kappa shape index (κ3) is 3.43. The largest absolute Gasteiger partial charge is 0.436 e. The quantitative estimate of drug-likeness (QED) is 0.590. The van der Waals surface area contributed by atoms with Gasteiger partial charge in [0.05, 0.1) is 17.5 Å². The van der Waals surface area contributed by atoms with Crippen LogP contribution in [0.3, 0.4) is 0 Å². The van der Waals surface area contributed by atoms with Crippen molar-refractivity contribution in [3.05, 3.63) is 64.9 Å². The number of halogens is 2. The van der Waals surface area contributed by atoms with E-state index in [4.69, 9.17) is 15.2 Å². The molecular weight excluding hydrogens is 426 g/mol. The van der Waals surface area contributed by atoms with Crippen molar-refractivity contribution in [3.63, 3.8) is 0 Å². The van der Waals surface area contributed by atoms with Crippen LogP contribution in [0.15, 0.2) is 40.5 Å². The summed E-state index contributed by atoms with van der Waals surface area (Å²) >= 11 is 0. The van der Waals surface area contributed by atoms with Crippen LogP contribution in [0.25, 0.3) is 0 Å². The number of nitrogens with zero attached hydrogens (tertiary/aromatic N) is 2. The van der Waals surface area contributed by atoms with Crippen molar-refractivity contribution < 1.29 is 18.0 Å². The molecule has 2 aliphatic rings. The highest BCUT2D eigenvalue weighted by Crippen LogP contribution is 2.66. The molecule has 2 bridgehead atoms. The Morgan fingerprint density at radius 2 is 2.00 bits per heavy atom. The van der Waals surface area contributed by atoms with E-state index in [-0.39, 0.29) is 28.7 Å². The molecule has 174 valence electrons. The Hall–Kier alpha value is -3.16. The maximum absolute atomic E-state index is 14.2. The number of amides is 1. The number of carbonyl (C=O) groups excluding carboxylic acids is 1. The van der Waals surface area contributed by atoms with Crippen LogP contribution in [0, 0.1) is 46.1 Å². The van der Waals surface area contributed by atoms with Crippen LogP contribution in [0.4, 0.5) is 8.78 Å². The zero-order chi connectivity index (χ0) is 24.1. The second kappa shape index (κ2) is 8.01. The Morgan fingerprint density at radius 1 is 1.33 bits per heavy atom. The minimum Gasteiger partial charge on any atom is -0.436 e. The maximum Gasteiger partial charge on any atom is 0.291 e. The predicted molar refractivity (Wildman–Crippen MR) is 121 cm³/mol. The van der Waals surface area contributed by atoms with Crippen molar-refractivity contribution >= 4 is 17.3 Å². The Bertz CT molecular complexity index is 1160. The van der Waals surface area contributed by atoms with E-state index >= 15 is 0 Å². The SMILES string of the molecule is CCN(C[C@@]12CC[C@@H](/C(=C/C(=N)c3c(F)cccc3F)C1=N)C2(C)C)C(=O)c1cnc(C)o1. The molecule has 33 heavy (non-hydrogen) atoms. The number of nitrogens with one attached hydrogen (secondary N) is 2. The first-order valence-corrected chi connectivity index (χ1v) is 11.1. The van der Waals surface area contributed by atoms with Gasteiger partial charge >= 0.3 is 0 Å². The minimum atomic E-state index is -0.800. The first-order chi connectivity index (χ1) is 15.5. The molecule has 0 aliphatic heterocycles. The van der Waals surface area contributed by atoms with Crippen LogP contribution >= 0.6 is 0 Å². The summed E-state index contributed by atoms with van der Waals surface area (Å²) in [5.41, 5.74) is -0.709. The van der Waals surface area contributed by atoms with Gasteiger partial charge in [0.2, 0.25) is 5.76 Å². The molecule has 2 N–H and O–H groups in total. The third-order valence-corrected chi connectivity index (χ3v) is 7.60. The zero-order valence-corrected chi connectivity index (χ0v) is 19.3. The van der Waals surface area contributed by atoms with Gasteiger partial charge in [-0.2, -0.15) is 0 Å². The monoisotopic (exact) mass is 454 g/mol. The van der Waals surface area contributed by atoms with E-state index in [1.54, 1.807) is 11.8 Å². The molecule has 2 fully saturated rings. The van der Waals surface area contributed by atoms with Crippen LogP contribution in [-0.2, 0) is 0 Å². The third-order valence-electron chi connectivity index (χ3n) is 7.60. The lowest BCUT2D eigenvalue weighted by Gasteiger charge is -2.41.